The first-order valence-electron chi connectivity index (χ1n) is 11.8. The molecular formula is C26H29ClN4O4S. The fourth-order valence-electron chi connectivity index (χ4n) is 4.48. The summed E-state index contributed by atoms with van der Waals surface area (Å²) in [5.74, 6) is 1.40. The molecule has 36 heavy (non-hydrogen) atoms. The SMILES string of the molecule is Cc1c(Cl)cccc1S(=O)(=O)Nc1nc2c(cc1OCc1ccc3c(c1)N(C)CCO3)CN(C)CC2. The fraction of sp³-hybridized carbons (Fsp3) is 0.346. The standard InChI is InChI=1S/C26H29ClN4O4S/c1-17-20(27)5-4-6-25(17)36(32,33)29-26-24(14-19-15-30(2)10-9-21(19)28-26)35-16-18-7-8-23-22(13-18)31(3)11-12-34-23/h4-8,13-14H,9-12,15-16H2,1-3H3,(H,28,29). The highest BCUT2D eigenvalue weighted by Gasteiger charge is 2.24. The number of halogens is 1. The molecule has 0 atom stereocenters. The van der Waals surface area contributed by atoms with Gasteiger partial charge in [0.25, 0.3) is 10.0 Å². The Hall–Kier alpha value is -3.01. The van der Waals surface area contributed by atoms with Gasteiger partial charge in [0.05, 0.1) is 17.1 Å². The summed E-state index contributed by atoms with van der Waals surface area (Å²) in [5, 5.41) is 0.386. The molecule has 0 fully saturated rings. The van der Waals surface area contributed by atoms with Gasteiger partial charge in [0.15, 0.2) is 11.6 Å². The molecule has 3 aromatic rings. The summed E-state index contributed by atoms with van der Waals surface area (Å²) in [6.07, 6.45) is 0.730. The number of hydrogen-bond donors (Lipinski definition) is 1. The average molecular weight is 529 g/mol. The Bertz CT molecular complexity index is 1410. The van der Waals surface area contributed by atoms with Crippen LogP contribution in [0.25, 0.3) is 0 Å². The lowest BCUT2D eigenvalue weighted by Crippen LogP contribution is -2.28. The first-order valence-corrected chi connectivity index (χ1v) is 13.7. The van der Waals surface area contributed by atoms with Crippen molar-refractivity contribution in [2.45, 2.75) is 31.4 Å². The van der Waals surface area contributed by atoms with Crippen LogP contribution >= 0.6 is 11.6 Å². The molecule has 8 nitrogen and oxygen atoms in total. The lowest BCUT2D eigenvalue weighted by Gasteiger charge is -2.28. The van der Waals surface area contributed by atoms with E-state index >= 15 is 0 Å². The number of likely N-dealkylation sites (N-methyl/N-ethyl adjacent to an activating group) is 2. The second kappa shape index (κ2) is 9.80. The summed E-state index contributed by atoms with van der Waals surface area (Å²) in [6.45, 7) is 4.98. The number of anilines is 2. The number of ether oxygens (including phenoxy) is 2. The van der Waals surface area contributed by atoms with Crippen molar-refractivity contribution in [2.75, 3.05) is 43.4 Å². The molecule has 0 amide bonds. The summed E-state index contributed by atoms with van der Waals surface area (Å²) >= 11 is 6.19. The third-order valence-corrected chi connectivity index (χ3v) is 8.47. The largest absolute Gasteiger partial charge is 0.490 e. The number of aromatic nitrogens is 1. The minimum Gasteiger partial charge on any atom is -0.490 e. The van der Waals surface area contributed by atoms with E-state index in [-0.39, 0.29) is 17.3 Å². The maximum Gasteiger partial charge on any atom is 0.263 e. The Morgan fingerprint density at radius 3 is 2.83 bits per heavy atom. The third kappa shape index (κ3) is 4.96. The Morgan fingerprint density at radius 2 is 2.00 bits per heavy atom. The van der Waals surface area contributed by atoms with E-state index in [1.54, 1.807) is 19.1 Å². The molecule has 0 aliphatic carbocycles. The van der Waals surface area contributed by atoms with Gasteiger partial charge < -0.3 is 19.3 Å². The number of fused-ring (bicyclic) bond motifs is 2. The summed E-state index contributed by atoms with van der Waals surface area (Å²) in [7, 11) is 0.139. The van der Waals surface area contributed by atoms with E-state index in [1.807, 2.05) is 38.4 Å². The second-order valence-corrected chi connectivity index (χ2v) is 11.3. The predicted molar refractivity (Wildman–Crippen MR) is 141 cm³/mol. The van der Waals surface area contributed by atoms with Crippen LogP contribution in [0.2, 0.25) is 5.02 Å². The van der Waals surface area contributed by atoms with E-state index in [0.717, 1.165) is 54.3 Å². The van der Waals surface area contributed by atoms with Crippen LogP contribution < -0.4 is 19.1 Å². The number of nitrogens with zero attached hydrogens (tertiary/aromatic N) is 3. The Kier molecular flexibility index (Phi) is 6.72. The molecule has 5 rings (SSSR count). The monoisotopic (exact) mass is 528 g/mol. The minimum absolute atomic E-state index is 0.109. The quantitative estimate of drug-likeness (QED) is 0.512. The lowest BCUT2D eigenvalue weighted by molar-refractivity contribution is 0.294. The zero-order chi connectivity index (χ0) is 25.4. The Morgan fingerprint density at radius 1 is 1.17 bits per heavy atom. The van der Waals surface area contributed by atoms with Gasteiger partial charge in [-0.25, -0.2) is 13.4 Å². The van der Waals surface area contributed by atoms with Gasteiger partial charge in [0.2, 0.25) is 0 Å². The molecule has 0 unspecified atom stereocenters. The number of pyridine rings is 1. The van der Waals surface area contributed by atoms with Crippen molar-refractivity contribution in [1.82, 2.24) is 9.88 Å². The number of benzene rings is 2. The number of rotatable bonds is 6. The highest BCUT2D eigenvalue weighted by Crippen LogP contribution is 2.34. The van der Waals surface area contributed by atoms with Crippen molar-refractivity contribution >= 4 is 33.1 Å². The van der Waals surface area contributed by atoms with Crippen molar-refractivity contribution in [3.63, 3.8) is 0 Å². The molecular weight excluding hydrogens is 500 g/mol. The van der Waals surface area contributed by atoms with Crippen molar-refractivity contribution in [1.29, 1.82) is 0 Å². The summed E-state index contributed by atoms with van der Waals surface area (Å²) in [4.78, 5) is 9.16. The first kappa shape index (κ1) is 24.7. The number of nitrogens with one attached hydrogen (secondary N) is 1. The Labute approximate surface area is 216 Å². The van der Waals surface area contributed by atoms with Gasteiger partial charge >= 0.3 is 0 Å². The van der Waals surface area contributed by atoms with Crippen LogP contribution in [-0.2, 0) is 29.6 Å². The fourth-order valence-corrected chi connectivity index (χ4v) is 6.00. The first-order chi connectivity index (χ1) is 17.2. The number of hydrogen-bond acceptors (Lipinski definition) is 7. The maximum absolute atomic E-state index is 13.3. The molecule has 3 heterocycles. The molecule has 0 spiro atoms. The molecule has 0 bridgehead atoms. The molecule has 0 radical (unpaired) electrons. The molecule has 0 saturated carbocycles. The molecule has 1 N–H and O–H groups in total. The normalized spacial score (nSPS) is 15.6. The van der Waals surface area contributed by atoms with Gasteiger partial charge in [-0.15, -0.1) is 0 Å². The average Bonchev–Trinajstić information content (AvgIpc) is 2.84. The van der Waals surface area contributed by atoms with Crippen LogP contribution in [0.1, 0.15) is 22.4 Å². The van der Waals surface area contributed by atoms with Crippen molar-refractivity contribution in [3.05, 3.63) is 69.9 Å². The van der Waals surface area contributed by atoms with E-state index in [1.165, 1.54) is 6.07 Å². The van der Waals surface area contributed by atoms with Gasteiger partial charge in [-0.3, -0.25) is 4.72 Å². The molecule has 1 aromatic heterocycles. The van der Waals surface area contributed by atoms with Crippen molar-refractivity contribution in [3.8, 4) is 11.5 Å². The van der Waals surface area contributed by atoms with Crippen LogP contribution in [0, 0.1) is 6.92 Å². The maximum atomic E-state index is 13.3. The summed E-state index contributed by atoms with van der Waals surface area (Å²) in [6, 6.07) is 12.6. The zero-order valence-corrected chi connectivity index (χ0v) is 22.1. The van der Waals surface area contributed by atoms with Crippen molar-refractivity contribution < 1.29 is 17.9 Å². The van der Waals surface area contributed by atoms with E-state index in [4.69, 9.17) is 26.1 Å². The van der Waals surface area contributed by atoms with Gasteiger partial charge in [-0.1, -0.05) is 23.7 Å². The predicted octanol–water partition coefficient (Wildman–Crippen LogP) is 4.24. The summed E-state index contributed by atoms with van der Waals surface area (Å²) < 4.78 is 41.2. The molecule has 2 aliphatic rings. The highest BCUT2D eigenvalue weighted by atomic mass is 35.5. The van der Waals surface area contributed by atoms with Gasteiger partial charge in [-0.05, 0) is 61.0 Å². The van der Waals surface area contributed by atoms with Crippen LogP contribution in [0.5, 0.6) is 11.5 Å². The van der Waals surface area contributed by atoms with Gasteiger partial charge in [0.1, 0.15) is 19.0 Å². The van der Waals surface area contributed by atoms with Crippen LogP contribution in [0.15, 0.2) is 47.4 Å². The van der Waals surface area contributed by atoms with E-state index in [0.29, 0.717) is 22.9 Å². The van der Waals surface area contributed by atoms with E-state index in [9.17, 15) is 8.42 Å². The molecule has 2 aromatic carbocycles. The molecule has 2 aliphatic heterocycles. The van der Waals surface area contributed by atoms with Gasteiger partial charge in [0, 0.05) is 37.3 Å². The molecule has 0 saturated heterocycles. The summed E-state index contributed by atoms with van der Waals surface area (Å²) in [5.41, 5.74) is 4.33. The van der Waals surface area contributed by atoms with E-state index in [2.05, 4.69) is 14.5 Å². The Balaban J connectivity index is 1.47. The topological polar surface area (TPSA) is 84.0 Å². The molecule has 10 heteroatoms. The third-order valence-electron chi connectivity index (χ3n) is 6.58. The second-order valence-electron chi connectivity index (χ2n) is 9.26. The smallest absolute Gasteiger partial charge is 0.263 e. The molecule has 190 valence electrons. The van der Waals surface area contributed by atoms with Gasteiger partial charge in [-0.2, -0.15) is 0 Å². The lowest BCUT2D eigenvalue weighted by atomic mass is 10.1. The van der Waals surface area contributed by atoms with Crippen molar-refractivity contribution in [2.24, 2.45) is 0 Å². The van der Waals surface area contributed by atoms with Crippen LogP contribution in [-0.4, -0.2) is 52.1 Å². The minimum atomic E-state index is -3.94. The highest BCUT2D eigenvalue weighted by molar-refractivity contribution is 7.92. The zero-order valence-electron chi connectivity index (χ0n) is 20.5. The van der Waals surface area contributed by atoms with Crippen LogP contribution in [0.3, 0.4) is 0 Å². The van der Waals surface area contributed by atoms with E-state index < -0.39 is 10.0 Å². The van der Waals surface area contributed by atoms with Crippen LogP contribution in [0.4, 0.5) is 11.5 Å². The number of sulfonamides is 1.